The quantitative estimate of drug-likeness (QED) is 0.448. The van der Waals surface area contributed by atoms with Crippen molar-refractivity contribution in [3.63, 3.8) is 0 Å². The van der Waals surface area contributed by atoms with Gasteiger partial charge in [-0.05, 0) is 30.4 Å². The Bertz CT molecular complexity index is 571. The van der Waals surface area contributed by atoms with E-state index in [9.17, 15) is 0 Å². The first-order valence-electron chi connectivity index (χ1n) is 7.79. The Labute approximate surface area is 134 Å². The molecule has 114 valence electrons. The number of ether oxygens (including phenoxy) is 1. The van der Waals surface area contributed by atoms with E-state index in [0.29, 0.717) is 0 Å². The molecule has 0 aliphatic carbocycles. The fourth-order valence-corrected chi connectivity index (χ4v) is 2.61. The molecule has 0 saturated heterocycles. The molecule has 1 unspecified atom stereocenters. The van der Waals surface area contributed by atoms with Crippen LogP contribution in [0.1, 0.15) is 24.0 Å². The van der Waals surface area contributed by atoms with Gasteiger partial charge in [0.25, 0.3) is 0 Å². The fraction of sp³-hybridized carbons (Fsp3) is 0.238. The largest absolute Gasteiger partial charge is 0.498 e. The first kappa shape index (κ1) is 16.1. The fourth-order valence-electron chi connectivity index (χ4n) is 2.61. The summed E-state index contributed by atoms with van der Waals surface area (Å²) in [6, 6.07) is 21.0. The third kappa shape index (κ3) is 5.61. The highest BCUT2D eigenvalue weighted by Crippen LogP contribution is 2.17. The molecule has 2 rings (SSSR count). The van der Waals surface area contributed by atoms with Gasteiger partial charge in [0.1, 0.15) is 6.10 Å². The highest BCUT2D eigenvalue weighted by Gasteiger charge is 2.11. The van der Waals surface area contributed by atoms with E-state index in [0.717, 1.165) is 25.7 Å². The molecule has 0 bridgehead atoms. The van der Waals surface area contributed by atoms with E-state index >= 15 is 0 Å². The van der Waals surface area contributed by atoms with Crippen molar-refractivity contribution < 1.29 is 4.74 Å². The smallest absolute Gasteiger partial charge is 0.102 e. The number of rotatable bonds is 9. The highest BCUT2D eigenvalue weighted by molar-refractivity contribution is 5.21. The summed E-state index contributed by atoms with van der Waals surface area (Å²) < 4.78 is 5.68. The molecule has 0 spiro atoms. The van der Waals surface area contributed by atoms with Gasteiger partial charge in [0, 0.05) is 6.42 Å². The summed E-state index contributed by atoms with van der Waals surface area (Å²) in [6.07, 6.45) is 5.46. The Morgan fingerprint density at radius 3 is 2.14 bits per heavy atom. The lowest BCUT2D eigenvalue weighted by atomic mass is 9.98. The molecule has 0 N–H and O–H groups in total. The molecule has 1 atom stereocenters. The van der Waals surface area contributed by atoms with Crippen LogP contribution in [0.4, 0.5) is 0 Å². The second-order valence-corrected chi connectivity index (χ2v) is 5.57. The van der Waals surface area contributed by atoms with Crippen molar-refractivity contribution in [3.05, 3.63) is 96.8 Å². The molecule has 0 fully saturated rings. The molecular weight excluding hydrogens is 268 g/mol. The van der Waals surface area contributed by atoms with Crippen molar-refractivity contribution in [2.24, 2.45) is 0 Å². The van der Waals surface area contributed by atoms with Gasteiger partial charge in [0.2, 0.25) is 0 Å². The van der Waals surface area contributed by atoms with Crippen LogP contribution in [-0.2, 0) is 17.6 Å². The van der Waals surface area contributed by atoms with Gasteiger partial charge < -0.3 is 4.74 Å². The maximum atomic E-state index is 5.68. The molecule has 0 aliphatic heterocycles. The van der Waals surface area contributed by atoms with Crippen LogP contribution in [0, 0.1) is 0 Å². The molecule has 22 heavy (non-hydrogen) atoms. The average Bonchev–Trinajstić information content (AvgIpc) is 2.55. The van der Waals surface area contributed by atoms with E-state index in [-0.39, 0.29) is 6.10 Å². The molecule has 2 aromatic rings. The predicted octanol–water partition coefficient (Wildman–Crippen LogP) is 5.34. The van der Waals surface area contributed by atoms with E-state index in [2.05, 4.69) is 61.7 Å². The van der Waals surface area contributed by atoms with E-state index < -0.39 is 0 Å². The second kappa shape index (κ2) is 8.89. The number of hydrogen-bond acceptors (Lipinski definition) is 1. The molecule has 1 nitrogen and oxygen atoms in total. The average molecular weight is 292 g/mol. The van der Waals surface area contributed by atoms with Crippen molar-refractivity contribution >= 4 is 0 Å². The van der Waals surface area contributed by atoms with Crippen molar-refractivity contribution in [2.45, 2.75) is 31.8 Å². The maximum absolute atomic E-state index is 5.68. The third-order valence-electron chi connectivity index (χ3n) is 3.70. The molecule has 0 aliphatic rings. The van der Waals surface area contributed by atoms with E-state index in [1.807, 2.05) is 12.1 Å². The molecule has 2 aromatic carbocycles. The summed E-state index contributed by atoms with van der Waals surface area (Å²) in [4.78, 5) is 0. The maximum Gasteiger partial charge on any atom is 0.102 e. The SMILES string of the molecule is C=COC(CCc1ccccc1)CC(=C)Cc1ccccc1. The highest BCUT2D eigenvalue weighted by atomic mass is 16.5. The van der Waals surface area contributed by atoms with Gasteiger partial charge in [0.15, 0.2) is 0 Å². The van der Waals surface area contributed by atoms with Crippen LogP contribution in [0.5, 0.6) is 0 Å². The molecule has 0 radical (unpaired) electrons. The number of aryl methyl sites for hydroxylation is 1. The summed E-state index contributed by atoms with van der Waals surface area (Å²) >= 11 is 0. The van der Waals surface area contributed by atoms with E-state index in [1.54, 1.807) is 6.26 Å². The molecule has 0 aromatic heterocycles. The van der Waals surface area contributed by atoms with Gasteiger partial charge in [-0.1, -0.05) is 79.4 Å². The van der Waals surface area contributed by atoms with Gasteiger partial charge in [0.05, 0.1) is 6.26 Å². The topological polar surface area (TPSA) is 9.23 Å². The Morgan fingerprint density at radius 1 is 0.955 bits per heavy atom. The van der Waals surface area contributed by atoms with Gasteiger partial charge in [-0.3, -0.25) is 0 Å². The monoisotopic (exact) mass is 292 g/mol. The zero-order valence-corrected chi connectivity index (χ0v) is 13.1. The van der Waals surface area contributed by atoms with Crippen molar-refractivity contribution in [2.75, 3.05) is 0 Å². The predicted molar refractivity (Wildman–Crippen MR) is 93.7 cm³/mol. The van der Waals surface area contributed by atoms with Crippen molar-refractivity contribution in [1.82, 2.24) is 0 Å². The summed E-state index contributed by atoms with van der Waals surface area (Å²) in [5.41, 5.74) is 3.84. The van der Waals surface area contributed by atoms with E-state index in [4.69, 9.17) is 4.74 Å². The molecule has 0 saturated carbocycles. The van der Waals surface area contributed by atoms with Crippen LogP contribution >= 0.6 is 0 Å². The summed E-state index contributed by atoms with van der Waals surface area (Å²) in [7, 11) is 0. The molecule has 0 amide bonds. The first-order chi connectivity index (χ1) is 10.8. The lowest BCUT2D eigenvalue weighted by Gasteiger charge is -2.18. The zero-order chi connectivity index (χ0) is 15.6. The van der Waals surface area contributed by atoms with Crippen molar-refractivity contribution in [1.29, 1.82) is 0 Å². The Hall–Kier alpha value is -2.28. The minimum atomic E-state index is 0.147. The molecule has 0 heterocycles. The minimum Gasteiger partial charge on any atom is -0.498 e. The second-order valence-electron chi connectivity index (χ2n) is 5.57. The van der Waals surface area contributed by atoms with Crippen LogP contribution in [0.25, 0.3) is 0 Å². The minimum absolute atomic E-state index is 0.147. The summed E-state index contributed by atoms with van der Waals surface area (Å²) in [6.45, 7) is 7.91. The lowest BCUT2D eigenvalue weighted by Crippen LogP contribution is -2.13. The summed E-state index contributed by atoms with van der Waals surface area (Å²) in [5.74, 6) is 0. The first-order valence-corrected chi connectivity index (χ1v) is 7.79. The van der Waals surface area contributed by atoms with Crippen LogP contribution in [-0.4, -0.2) is 6.10 Å². The van der Waals surface area contributed by atoms with Crippen molar-refractivity contribution in [3.8, 4) is 0 Å². The third-order valence-corrected chi connectivity index (χ3v) is 3.70. The number of benzene rings is 2. The standard InChI is InChI=1S/C21H24O/c1-3-22-21(15-14-19-10-6-4-7-11-19)17-18(2)16-20-12-8-5-9-13-20/h3-13,21H,1-2,14-17H2. The number of hydrogen-bond donors (Lipinski definition) is 0. The molecular formula is C21H24O. The Kier molecular flexibility index (Phi) is 6.50. The normalized spacial score (nSPS) is 11.6. The Morgan fingerprint density at radius 2 is 1.55 bits per heavy atom. The molecule has 1 heteroatoms. The van der Waals surface area contributed by atoms with Crippen LogP contribution in [0.3, 0.4) is 0 Å². The lowest BCUT2D eigenvalue weighted by molar-refractivity contribution is 0.136. The van der Waals surface area contributed by atoms with Crippen LogP contribution < -0.4 is 0 Å². The van der Waals surface area contributed by atoms with Crippen LogP contribution in [0.15, 0.2) is 85.7 Å². The Balaban J connectivity index is 1.85. The van der Waals surface area contributed by atoms with Gasteiger partial charge in [-0.2, -0.15) is 0 Å². The van der Waals surface area contributed by atoms with Crippen LogP contribution in [0.2, 0.25) is 0 Å². The van der Waals surface area contributed by atoms with Gasteiger partial charge >= 0.3 is 0 Å². The van der Waals surface area contributed by atoms with Gasteiger partial charge in [-0.15, -0.1) is 0 Å². The summed E-state index contributed by atoms with van der Waals surface area (Å²) in [5, 5.41) is 0. The van der Waals surface area contributed by atoms with E-state index in [1.165, 1.54) is 16.7 Å². The van der Waals surface area contributed by atoms with Gasteiger partial charge in [-0.25, -0.2) is 0 Å². The zero-order valence-electron chi connectivity index (χ0n) is 13.1.